The van der Waals surface area contributed by atoms with E-state index in [0.29, 0.717) is 23.6 Å². The number of carbonyl (C=O) groups is 1. The second-order valence-corrected chi connectivity index (χ2v) is 6.77. The molecule has 1 aliphatic heterocycles. The fourth-order valence-electron chi connectivity index (χ4n) is 4.07. The highest BCUT2D eigenvalue weighted by molar-refractivity contribution is 5.91. The summed E-state index contributed by atoms with van der Waals surface area (Å²) in [5, 5.41) is 0. The van der Waals surface area contributed by atoms with Crippen LogP contribution in [0.15, 0.2) is 18.2 Å². The van der Waals surface area contributed by atoms with Crippen LogP contribution in [0.2, 0.25) is 0 Å². The molecule has 1 aliphatic carbocycles. The summed E-state index contributed by atoms with van der Waals surface area (Å²) < 4.78 is 18.3. The van der Waals surface area contributed by atoms with Gasteiger partial charge < -0.3 is 10.5 Å². The predicted molar refractivity (Wildman–Crippen MR) is 86.9 cm³/mol. The van der Waals surface area contributed by atoms with E-state index in [4.69, 9.17) is 10.5 Å². The lowest BCUT2D eigenvalue weighted by Crippen LogP contribution is -2.38. The first-order valence-corrected chi connectivity index (χ1v) is 8.46. The van der Waals surface area contributed by atoms with Crippen molar-refractivity contribution in [2.45, 2.75) is 50.1 Å². The number of nitrogens with zero attached hydrogens (tertiary/aromatic N) is 1. The van der Waals surface area contributed by atoms with Crippen molar-refractivity contribution in [2.75, 3.05) is 20.2 Å². The number of methoxy groups -OCH3 is 1. The molecule has 0 aromatic heterocycles. The molecule has 1 aromatic rings. The van der Waals surface area contributed by atoms with Gasteiger partial charge in [0, 0.05) is 25.2 Å². The molecule has 23 heavy (non-hydrogen) atoms. The number of benzene rings is 1. The summed E-state index contributed by atoms with van der Waals surface area (Å²) >= 11 is 0. The van der Waals surface area contributed by atoms with Crippen LogP contribution in [0.4, 0.5) is 4.39 Å². The molecule has 1 aromatic carbocycles. The summed E-state index contributed by atoms with van der Waals surface area (Å²) in [4.78, 5) is 14.4. The molecule has 5 heteroatoms. The fourth-order valence-corrected chi connectivity index (χ4v) is 4.07. The van der Waals surface area contributed by atoms with Crippen LogP contribution in [0.3, 0.4) is 0 Å². The minimum atomic E-state index is -0.452. The zero-order chi connectivity index (χ0) is 16.4. The van der Waals surface area contributed by atoms with E-state index in [1.165, 1.54) is 19.2 Å². The Bertz CT molecular complexity index is 570. The number of carbonyl (C=O) groups excluding carboxylic acids is 1. The smallest absolute Gasteiger partial charge is 0.338 e. The first kappa shape index (κ1) is 16.4. The number of nitrogens with two attached hydrogens (primary N) is 1. The lowest BCUT2D eigenvalue weighted by atomic mass is 9.79. The largest absolute Gasteiger partial charge is 0.465 e. The zero-order valence-corrected chi connectivity index (χ0v) is 13.6. The maximum absolute atomic E-state index is 13.5. The molecular weight excluding hydrogens is 295 g/mol. The van der Waals surface area contributed by atoms with Crippen LogP contribution in [0.5, 0.6) is 0 Å². The van der Waals surface area contributed by atoms with E-state index >= 15 is 0 Å². The highest BCUT2D eigenvalue weighted by Crippen LogP contribution is 2.37. The Kier molecular flexibility index (Phi) is 4.97. The van der Waals surface area contributed by atoms with Gasteiger partial charge in [0.1, 0.15) is 5.82 Å². The highest BCUT2D eigenvalue weighted by Gasteiger charge is 2.31. The standard InChI is InChI=1S/C18H25FN2O2/c1-23-18(22)17-10-13(19)4-7-16(17)12-2-5-15(6-3-12)21-9-8-14(20)11-21/h4,7,10,12,14-15H,2-3,5-6,8-9,11,20H2,1H3/t12-,14-,15-/m1/s1. The first-order valence-electron chi connectivity index (χ1n) is 8.46. The predicted octanol–water partition coefficient (Wildman–Crippen LogP) is 2.67. The number of halogens is 1. The van der Waals surface area contributed by atoms with E-state index in [0.717, 1.165) is 50.8 Å². The van der Waals surface area contributed by atoms with Gasteiger partial charge in [0.2, 0.25) is 0 Å². The van der Waals surface area contributed by atoms with Crippen LogP contribution < -0.4 is 5.73 Å². The maximum atomic E-state index is 13.5. The van der Waals surface area contributed by atoms with Gasteiger partial charge in [0.25, 0.3) is 0 Å². The molecule has 0 amide bonds. The van der Waals surface area contributed by atoms with Gasteiger partial charge in [-0.05, 0) is 55.7 Å². The van der Waals surface area contributed by atoms with Crippen molar-refractivity contribution in [3.63, 3.8) is 0 Å². The van der Waals surface area contributed by atoms with Crippen LogP contribution >= 0.6 is 0 Å². The minimum absolute atomic E-state index is 0.303. The van der Waals surface area contributed by atoms with Gasteiger partial charge in [-0.2, -0.15) is 0 Å². The molecule has 126 valence electrons. The lowest BCUT2D eigenvalue weighted by Gasteiger charge is -2.35. The second-order valence-electron chi connectivity index (χ2n) is 6.77. The fraction of sp³-hybridized carbons (Fsp3) is 0.611. The normalized spacial score (nSPS) is 28.7. The topological polar surface area (TPSA) is 55.6 Å². The lowest BCUT2D eigenvalue weighted by molar-refractivity contribution is 0.0597. The van der Waals surface area contributed by atoms with Crippen molar-refractivity contribution in [3.05, 3.63) is 35.1 Å². The average molecular weight is 320 g/mol. The second kappa shape index (κ2) is 6.97. The molecule has 0 unspecified atom stereocenters. The summed E-state index contributed by atoms with van der Waals surface area (Å²) in [6.45, 7) is 2.10. The number of rotatable bonds is 3. The summed E-state index contributed by atoms with van der Waals surface area (Å²) in [7, 11) is 1.34. The molecule has 1 saturated heterocycles. The highest BCUT2D eigenvalue weighted by atomic mass is 19.1. The molecule has 2 N–H and O–H groups in total. The Morgan fingerprint density at radius 2 is 2.00 bits per heavy atom. The van der Waals surface area contributed by atoms with Crippen molar-refractivity contribution >= 4 is 5.97 Å². The number of esters is 1. The summed E-state index contributed by atoms with van der Waals surface area (Å²) in [5.74, 6) is -0.543. The Balaban J connectivity index is 1.69. The summed E-state index contributed by atoms with van der Waals surface area (Å²) in [6.07, 6.45) is 5.34. The average Bonchev–Trinajstić information content (AvgIpc) is 3.01. The van der Waals surface area contributed by atoms with Gasteiger partial charge in [0.05, 0.1) is 12.7 Å². The third kappa shape index (κ3) is 3.56. The van der Waals surface area contributed by atoms with Crippen molar-refractivity contribution < 1.29 is 13.9 Å². The molecular formula is C18H25FN2O2. The van der Waals surface area contributed by atoms with E-state index in [9.17, 15) is 9.18 Å². The Labute approximate surface area is 136 Å². The van der Waals surface area contributed by atoms with E-state index in [1.54, 1.807) is 6.07 Å². The molecule has 1 atom stereocenters. The van der Waals surface area contributed by atoms with Crippen LogP contribution in [0, 0.1) is 5.82 Å². The third-order valence-electron chi connectivity index (χ3n) is 5.33. The van der Waals surface area contributed by atoms with E-state index in [1.807, 2.05) is 0 Å². The Hall–Kier alpha value is -1.46. The van der Waals surface area contributed by atoms with Crippen LogP contribution in [0.25, 0.3) is 0 Å². The maximum Gasteiger partial charge on any atom is 0.338 e. The quantitative estimate of drug-likeness (QED) is 0.870. The van der Waals surface area contributed by atoms with E-state index in [-0.39, 0.29) is 0 Å². The molecule has 2 fully saturated rings. The van der Waals surface area contributed by atoms with Gasteiger partial charge in [-0.3, -0.25) is 4.90 Å². The Morgan fingerprint density at radius 1 is 1.26 bits per heavy atom. The molecule has 0 radical (unpaired) electrons. The van der Waals surface area contributed by atoms with Crippen LogP contribution in [-0.4, -0.2) is 43.2 Å². The van der Waals surface area contributed by atoms with Crippen molar-refractivity contribution in [1.29, 1.82) is 0 Å². The SMILES string of the molecule is COC(=O)c1cc(F)ccc1[C@H]1CC[C@H](N2CC[C@@H](N)C2)CC1. The summed E-state index contributed by atoms with van der Waals surface area (Å²) in [5.41, 5.74) is 7.30. The van der Waals surface area contributed by atoms with Gasteiger partial charge in [-0.1, -0.05) is 6.07 Å². The molecule has 4 nitrogen and oxygen atoms in total. The number of hydrogen-bond donors (Lipinski definition) is 1. The number of hydrogen-bond acceptors (Lipinski definition) is 4. The monoisotopic (exact) mass is 320 g/mol. The molecule has 3 rings (SSSR count). The molecule has 1 heterocycles. The van der Waals surface area contributed by atoms with Crippen LogP contribution in [-0.2, 0) is 4.74 Å². The van der Waals surface area contributed by atoms with Gasteiger partial charge in [0.15, 0.2) is 0 Å². The number of ether oxygens (including phenoxy) is 1. The molecule has 0 spiro atoms. The van der Waals surface area contributed by atoms with Gasteiger partial charge in [-0.15, -0.1) is 0 Å². The number of likely N-dealkylation sites (tertiary alicyclic amines) is 1. The minimum Gasteiger partial charge on any atom is -0.465 e. The van der Waals surface area contributed by atoms with Gasteiger partial charge >= 0.3 is 5.97 Å². The molecule has 2 aliphatic rings. The Morgan fingerprint density at radius 3 is 2.61 bits per heavy atom. The van der Waals surface area contributed by atoms with Gasteiger partial charge in [-0.25, -0.2) is 9.18 Å². The molecule has 1 saturated carbocycles. The molecule has 0 bridgehead atoms. The third-order valence-corrected chi connectivity index (χ3v) is 5.33. The van der Waals surface area contributed by atoms with Crippen LogP contribution in [0.1, 0.15) is 53.9 Å². The van der Waals surface area contributed by atoms with E-state index < -0.39 is 11.8 Å². The first-order chi connectivity index (χ1) is 11.1. The van der Waals surface area contributed by atoms with Crippen molar-refractivity contribution in [2.24, 2.45) is 5.73 Å². The van der Waals surface area contributed by atoms with E-state index in [2.05, 4.69) is 4.90 Å². The zero-order valence-electron chi connectivity index (χ0n) is 13.6. The summed E-state index contributed by atoms with van der Waals surface area (Å²) in [6, 6.07) is 5.40. The van der Waals surface area contributed by atoms with Crippen molar-refractivity contribution in [3.8, 4) is 0 Å². The van der Waals surface area contributed by atoms with Crippen molar-refractivity contribution in [1.82, 2.24) is 4.90 Å².